The van der Waals surface area contributed by atoms with Crippen molar-refractivity contribution in [3.63, 3.8) is 0 Å². The van der Waals surface area contributed by atoms with Gasteiger partial charge in [0, 0.05) is 42.7 Å². The van der Waals surface area contributed by atoms with Crippen LogP contribution in [0.4, 0.5) is 16.2 Å². The summed E-state index contributed by atoms with van der Waals surface area (Å²) in [5.74, 6) is -0.116. The van der Waals surface area contributed by atoms with Crippen LogP contribution in [0.1, 0.15) is 34.6 Å². The van der Waals surface area contributed by atoms with E-state index in [1.165, 1.54) is 11.3 Å². The van der Waals surface area contributed by atoms with Gasteiger partial charge in [-0.25, -0.2) is 4.79 Å². The summed E-state index contributed by atoms with van der Waals surface area (Å²) in [5, 5.41) is 17.3. The number of aryl methyl sites for hydroxylation is 1. The highest BCUT2D eigenvalue weighted by Crippen LogP contribution is 2.35. The number of rotatable bonds is 6. The number of nitrogens with zero attached hydrogens (tertiary/aromatic N) is 3. The summed E-state index contributed by atoms with van der Waals surface area (Å²) in [5.41, 5.74) is 4.22. The largest absolute Gasteiger partial charge is 0.394 e. The van der Waals surface area contributed by atoms with Gasteiger partial charge in [-0.3, -0.25) is 14.3 Å². The van der Waals surface area contributed by atoms with Crippen molar-refractivity contribution in [2.45, 2.75) is 44.4 Å². The second kappa shape index (κ2) is 9.44. The lowest BCUT2D eigenvalue weighted by atomic mass is 10.2. The van der Waals surface area contributed by atoms with Crippen LogP contribution in [0.2, 0.25) is 0 Å². The molecule has 0 radical (unpaired) electrons. The quantitative estimate of drug-likeness (QED) is 0.352. The normalized spacial score (nSPS) is 19.6. The Hall–Kier alpha value is -3.47. The van der Waals surface area contributed by atoms with Crippen LogP contribution in [-0.4, -0.2) is 69.9 Å². The SMILES string of the molecule is CO[C@@H]1C[C@@H](CO)N(C(=O)c2cc3nccc(Nc4ccc5c(c4)cc(C)n5C(=O)NC4CC4)c3s2)C1. The van der Waals surface area contributed by atoms with Crippen molar-refractivity contribution in [2.24, 2.45) is 0 Å². The predicted octanol–water partition coefficient (Wildman–Crippen LogP) is 4.24. The number of fused-ring (bicyclic) bond motifs is 2. The minimum absolute atomic E-state index is 0.0703. The van der Waals surface area contributed by atoms with Gasteiger partial charge in [-0.2, -0.15) is 0 Å². The van der Waals surface area contributed by atoms with Gasteiger partial charge in [-0.15, -0.1) is 11.3 Å². The predicted molar refractivity (Wildman–Crippen MR) is 144 cm³/mol. The third-order valence-electron chi connectivity index (χ3n) is 7.18. The van der Waals surface area contributed by atoms with Crippen molar-refractivity contribution in [2.75, 3.05) is 25.6 Å². The summed E-state index contributed by atoms with van der Waals surface area (Å²) in [4.78, 5) is 32.8. The van der Waals surface area contributed by atoms with Crippen LogP contribution < -0.4 is 10.6 Å². The highest BCUT2D eigenvalue weighted by atomic mass is 32.1. The molecule has 2 atom stereocenters. The number of amides is 2. The fourth-order valence-electron chi connectivity index (χ4n) is 5.07. The van der Waals surface area contributed by atoms with Crippen molar-refractivity contribution in [1.29, 1.82) is 0 Å². The average molecular weight is 520 g/mol. The Kier molecular flexibility index (Phi) is 6.10. The highest BCUT2D eigenvalue weighted by molar-refractivity contribution is 7.21. The summed E-state index contributed by atoms with van der Waals surface area (Å²) < 4.78 is 8.04. The smallest absolute Gasteiger partial charge is 0.326 e. The standard InChI is InChI=1S/C27H29N5O4S/c1-15-9-16-10-18(5-6-23(16)32(15)27(35)30-17-3-4-17)29-21-7-8-28-22-12-24(37-25(21)22)26(34)31-13-20(36-2)11-19(31)14-33/h5-10,12,17,19-20,33H,3-4,11,13-14H2,1-2H3,(H,28,29)(H,30,35)/t19-,20+/m0/s1. The maximum atomic E-state index is 13.3. The maximum Gasteiger partial charge on any atom is 0.326 e. The number of benzene rings is 1. The van der Waals surface area contributed by atoms with E-state index in [-0.39, 0.29) is 30.7 Å². The number of carbonyl (C=O) groups is 2. The van der Waals surface area contributed by atoms with Crippen LogP contribution in [0.25, 0.3) is 21.1 Å². The Morgan fingerprint density at radius 1 is 1.22 bits per heavy atom. The summed E-state index contributed by atoms with van der Waals surface area (Å²) in [6, 6.07) is 11.6. The summed E-state index contributed by atoms with van der Waals surface area (Å²) in [7, 11) is 1.63. The number of nitrogens with one attached hydrogen (secondary N) is 2. The molecule has 10 heteroatoms. The first kappa shape index (κ1) is 23.9. The number of pyridine rings is 1. The fourth-order valence-corrected chi connectivity index (χ4v) is 6.11. The third-order valence-corrected chi connectivity index (χ3v) is 8.32. The number of hydrogen-bond donors (Lipinski definition) is 3. The maximum absolute atomic E-state index is 13.3. The van der Waals surface area contributed by atoms with Crippen LogP contribution in [0.5, 0.6) is 0 Å². The van der Waals surface area contributed by atoms with E-state index >= 15 is 0 Å². The molecule has 0 bridgehead atoms. The number of aliphatic hydroxyl groups excluding tert-OH is 1. The van der Waals surface area contributed by atoms with E-state index in [0.717, 1.165) is 51.0 Å². The molecule has 2 aliphatic rings. The minimum atomic E-state index is -0.248. The highest BCUT2D eigenvalue weighted by Gasteiger charge is 2.36. The second-order valence-corrected chi connectivity index (χ2v) is 10.9. The molecule has 4 heterocycles. The molecule has 9 nitrogen and oxygen atoms in total. The van der Waals surface area contributed by atoms with Crippen LogP contribution in [0, 0.1) is 6.92 Å². The first-order chi connectivity index (χ1) is 17.9. The number of anilines is 2. The molecule has 0 unspecified atom stereocenters. The summed E-state index contributed by atoms with van der Waals surface area (Å²) in [6.07, 6.45) is 4.37. The van der Waals surface area contributed by atoms with Crippen molar-refractivity contribution in [1.82, 2.24) is 19.8 Å². The Morgan fingerprint density at radius 3 is 2.81 bits per heavy atom. The Balaban J connectivity index is 1.27. The lowest BCUT2D eigenvalue weighted by Gasteiger charge is -2.21. The van der Waals surface area contributed by atoms with E-state index in [1.807, 2.05) is 43.3 Å². The first-order valence-electron chi connectivity index (χ1n) is 12.5. The number of methoxy groups -OCH3 is 1. The van der Waals surface area contributed by atoms with E-state index in [4.69, 9.17) is 4.74 Å². The Morgan fingerprint density at radius 2 is 2.05 bits per heavy atom. The molecule has 6 rings (SSSR count). The zero-order chi connectivity index (χ0) is 25.7. The van der Waals surface area contributed by atoms with Crippen LogP contribution in [-0.2, 0) is 4.74 Å². The lowest BCUT2D eigenvalue weighted by molar-refractivity contribution is 0.0652. The zero-order valence-corrected chi connectivity index (χ0v) is 21.5. The third kappa shape index (κ3) is 4.45. The number of likely N-dealkylation sites (tertiary alicyclic amines) is 1. The molecule has 3 aromatic heterocycles. The average Bonchev–Trinajstić information content (AvgIpc) is 3.30. The summed E-state index contributed by atoms with van der Waals surface area (Å²) in [6.45, 7) is 2.31. The van der Waals surface area contributed by atoms with Gasteiger partial charge in [0.2, 0.25) is 0 Å². The van der Waals surface area contributed by atoms with Gasteiger partial charge in [0.05, 0.1) is 45.1 Å². The second-order valence-electron chi connectivity index (χ2n) is 9.81. The van der Waals surface area contributed by atoms with E-state index in [1.54, 1.807) is 22.8 Å². The topological polar surface area (TPSA) is 109 Å². The molecular weight excluding hydrogens is 490 g/mol. The molecule has 37 heavy (non-hydrogen) atoms. The van der Waals surface area contributed by atoms with Gasteiger partial charge in [0.15, 0.2) is 0 Å². The van der Waals surface area contributed by atoms with E-state index in [2.05, 4.69) is 15.6 Å². The fraction of sp³-hybridized carbons (Fsp3) is 0.370. The molecule has 0 spiro atoms. The molecule has 192 valence electrons. The van der Waals surface area contributed by atoms with Crippen molar-refractivity contribution >= 4 is 55.8 Å². The molecule has 1 saturated heterocycles. The van der Waals surface area contributed by atoms with Crippen molar-refractivity contribution in [3.8, 4) is 0 Å². The first-order valence-corrected chi connectivity index (χ1v) is 13.3. The van der Waals surface area contributed by atoms with Crippen LogP contribution in [0.3, 0.4) is 0 Å². The monoisotopic (exact) mass is 519 g/mol. The van der Waals surface area contributed by atoms with Crippen LogP contribution in [0.15, 0.2) is 42.6 Å². The van der Waals surface area contributed by atoms with Crippen molar-refractivity contribution in [3.05, 3.63) is 53.2 Å². The van der Waals surface area contributed by atoms with Gasteiger partial charge in [0.25, 0.3) is 5.91 Å². The van der Waals surface area contributed by atoms with Crippen LogP contribution >= 0.6 is 11.3 Å². The van der Waals surface area contributed by atoms with E-state index in [0.29, 0.717) is 23.9 Å². The number of hydrogen-bond acceptors (Lipinski definition) is 7. The van der Waals surface area contributed by atoms with Gasteiger partial charge < -0.3 is 25.4 Å². The number of thiophene rings is 1. The molecule has 1 aromatic carbocycles. The lowest BCUT2D eigenvalue weighted by Crippen LogP contribution is -2.37. The number of ether oxygens (including phenoxy) is 1. The molecule has 4 aromatic rings. The van der Waals surface area contributed by atoms with Gasteiger partial charge >= 0.3 is 6.03 Å². The number of aromatic nitrogens is 2. The number of carbonyl (C=O) groups excluding carboxylic acids is 2. The molecule has 2 fully saturated rings. The van der Waals surface area contributed by atoms with E-state index in [9.17, 15) is 14.7 Å². The number of aliphatic hydroxyl groups is 1. The Bertz CT molecular complexity index is 1510. The van der Waals surface area contributed by atoms with E-state index < -0.39 is 0 Å². The molecule has 2 amide bonds. The molecule has 1 aliphatic heterocycles. The molecule has 3 N–H and O–H groups in total. The van der Waals surface area contributed by atoms with Gasteiger partial charge in [0.1, 0.15) is 0 Å². The van der Waals surface area contributed by atoms with Gasteiger partial charge in [-0.05, 0) is 62.6 Å². The van der Waals surface area contributed by atoms with Crippen molar-refractivity contribution < 1.29 is 19.4 Å². The minimum Gasteiger partial charge on any atom is -0.394 e. The Labute approximate surface area is 218 Å². The zero-order valence-electron chi connectivity index (χ0n) is 20.7. The molecular formula is C27H29N5O4S. The summed E-state index contributed by atoms with van der Waals surface area (Å²) >= 11 is 1.39. The molecule has 1 aliphatic carbocycles. The van der Waals surface area contributed by atoms with Gasteiger partial charge in [-0.1, -0.05) is 0 Å². The molecule has 1 saturated carbocycles.